The third kappa shape index (κ3) is 3.13. The van der Waals surface area contributed by atoms with Gasteiger partial charge in [-0.25, -0.2) is 14.1 Å². The molecule has 5 rings (SSSR count). The molecule has 1 aliphatic rings. The van der Waals surface area contributed by atoms with Gasteiger partial charge in [-0.3, -0.25) is 10.1 Å². The number of pyridine rings is 1. The predicted octanol–water partition coefficient (Wildman–Crippen LogP) is 3.60. The lowest BCUT2D eigenvalue weighted by Gasteiger charge is -2.04. The van der Waals surface area contributed by atoms with E-state index in [1.54, 1.807) is 41.2 Å². The largest absolute Gasteiger partial charge is 0.295 e. The third-order valence-corrected chi connectivity index (χ3v) is 5.59. The van der Waals surface area contributed by atoms with Gasteiger partial charge in [0.2, 0.25) is 5.13 Å². The van der Waals surface area contributed by atoms with Gasteiger partial charge in [-0.2, -0.15) is 5.10 Å². The van der Waals surface area contributed by atoms with Gasteiger partial charge in [-0.15, -0.1) is 10.2 Å². The van der Waals surface area contributed by atoms with E-state index in [0.29, 0.717) is 27.6 Å². The van der Waals surface area contributed by atoms with Crippen molar-refractivity contribution in [1.82, 2.24) is 25.0 Å². The van der Waals surface area contributed by atoms with E-state index in [2.05, 4.69) is 25.6 Å². The molecule has 0 atom stereocenters. The summed E-state index contributed by atoms with van der Waals surface area (Å²) in [7, 11) is 0. The number of hydrogen-bond acceptors (Lipinski definition) is 6. The van der Waals surface area contributed by atoms with Crippen molar-refractivity contribution in [3.8, 4) is 0 Å². The fourth-order valence-corrected chi connectivity index (χ4v) is 3.92. The number of fused-ring (bicyclic) bond motifs is 1. The van der Waals surface area contributed by atoms with Crippen molar-refractivity contribution in [2.75, 3.05) is 5.32 Å². The summed E-state index contributed by atoms with van der Waals surface area (Å²) >= 11 is 1.39. The topological polar surface area (TPSA) is 85.6 Å². The van der Waals surface area contributed by atoms with Crippen molar-refractivity contribution in [2.24, 2.45) is 0 Å². The molecule has 9 heteroatoms. The fraction of sp³-hybridized carbons (Fsp3) is 0.211. The molecule has 1 saturated carbocycles. The summed E-state index contributed by atoms with van der Waals surface area (Å²) in [4.78, 5) is 17.1. The first kappa shape index (κ1) is 16.9. The molecule has 0 spiro atoms. The molecule has 1 aromatic carbocycles. The van der Waals surface area contributed by atoms with Crippen LogP contribution >= 0.6 is 11.3 Å². The molecule has 1 amide bonds. The number of nitrogens with zero attached hydrogens (tertiary/aromatic N) is 5. The number of halogens is 1. The highest BCUT2D eigenvalue weighted by atomic mass is 32.1. The van der Waals surface area contributed by atoms with E-state index in [4.69, 9.17) is 0 Å². The van der Waals surface area contributed by atoms with Crippen LogP contribution in [0.25, 0.3) is 11.0 Å². The number of aromatic nitrogens is 5. The third-order valence-electron chi connectivity index (χ3n) is 4.59. The molecule has 28 heavy (non-hydrogen) atoms. The number of carbonyl (C=O) groups is 1. The summed E-state index contributed by atoms with van der Waals surface area (Å²) in [6.07, 6.45) is 3.87. The molecule has 3 heterocycles. The minimum atomic E-state index is -0.385. The summed E-state index contributed by atoms with van der Waals surface area (Å²) in [5.74, 6) is -0.230. The van der Waals surface area contributed by atoms with Crippen molar-refractivity contribution in [1.29, 1.82) is 0 Å². The van der Waals surface area contributed by atoms with Crippen LogP contribution < -0.4 is 5.32 Å². The standard InChI is InChI=1S/C19H15FN6OS/c20-14-6-2-1-4-12(14)10-26-16-13(5-3-9-21-16)15(25-26)17(27)22-19-24-23-18(28-19)11-7-8-11/h1-6,9,11H,7-8,10H2,(H,22,24,27). The molecular formula is C19H15FN6OS. The van der Waals surface area contributed by atoms with Gasteiger partial charge in [0.25, 0.3) is 5.91 Å². The molecule has 0 saturated heterocycles. The number of rotatable bonds is 5. The number of hydrogen-bond donors (Lipinski definition) is 1. The average Bonchev–Trinajstić information content (AvgIpc) is 3.35. The van der Waals surface area contributed by atoms with E-state index in [-0.39, 0.29) is 24.0 Å². The predicted molar refractivity (Wildman–Crippen MR) is 103 cm³/mol. The smallest absolute Gasteiger partial charge is 0.278 e. The summed E-state index contributed by atoms with van der Waals surface area (Å²) in [5.41, 5.74) is 1.22. The fourth-order valence-electron chi connectivity index (χ4n) is 3.01. The van der Waals surface area contributed by atoms with Crippen molar-refractivity contribution < 1.29 is 9.18 Å². The second-order valence-corrected chi connectivity index (χ2v) is 7.66. The molecule has 1 N–H and O–H groups in total. The lowest BCUT2D eigenvalue weighted by Crippen LogP contribution is -2.14. The minimum Gasteiger partial charge on any atom is -0.295 e. The summed E-state index contributed by atoms with van der Waals surface area (Å²) < 4.78 is 15.6. The number of carbonyl (C=O) groups excluding carboxylic acids is 1. The molecule has 140 valence electrons. The molecule has 0 bridgehead atoms. The molecular weight excluding hydrogens is 379 g/mol. The highest BCUT2D eigenvalue weighted by molar-refractivity contribution is 7.15. The first-order valence-electron chi connectivity index (χ1n) is 8.89. The van der Waals surface area contributed by atoms with E-state index < -0.39 is 0 Å². The zero-order chi connectivity index (χ0) is 19.1. The molecule has 7 nitrogen and oxygen atoms in total. The van der Waals surface area contributed by atoms with E-state index >= 15 is 0 Å². The molecule has 4 aromatic rings. The minimum absolute atomic E-state index is 0.179. The van der Waals surface area contributed by atoms with Gasteiger partial charge >= 0.3 is 0 Å². The van der Waals surface area contributed by atoms with Crippen LogP contribution in [0.15, 0.2) is 42.6 Å². The average molecular weight is 394 g/mol. The molecule has 1 aliphatic carbocycles. The van der Waals surface area contributed by atoms with Crippen LogP contribution in [0.5, 0.6) is 0 Å². The van der Waals surface area contributed by atoms with Crippen LogP contribution in [0.3, 0.4) is 0 Å². The Morgan fingerprint density at radius 2 is 2.07 bits per heavy atom. The maximum atomic E-state index is 14.0. The van der Waals surface area contributed by atoms with Gasteiger partial charge in [0, 0.05) is 17.7 Å². The number of anilines is 1. The molecule has 3 aromatic heterocycles. The van der Waals surface area contributed by atoms with E-state index in [1.807, 2.05) is 0 Å². The zero-order valence-electron chi connectivity index (χ0n) is 14.7. The summed E-state index contributed by atoms with van der Waals surface area (Å²) in [5, 5.41) is 17.4. The Morgan fingerprint density at radius 3 is 2.89 bits per heavy atom. The Hall–Kier alpha value is -3.20. The first-order valence-corrected chi connectivity index (χ1v) is 9.70. The monoisotopic (exact) mass is 394 g/mol. The van der Waals surface area contributed by atoms with E-state index in [9.17, 15) is 9.18 Å². The van der Waals surface area contributed by atoms with Crippen molar-refractivity contribution in [3.05, 3.63) is 64.7 Å². The van der Waals surface area contributed by atoms with Crippen LogP contribution in [-0.2, 0) is 6.54 Å². The number of nitrogens with one attached hydrogen (secondary N) is 1. The van der Waals surface area contributed by atoms with Crippen molar-refractivity contribution >= 4 is 33.4 Å². The first-order chi connectivity index (χ1) is 13.7. The van der Waals surface area contributed by atoms with Gasteiger partial charge in [0.05, 0.1) is 11.9 Å². The lowest BCUT2D eigenvalue weighted by atomic mass is 10.2. The van der Waals surface area contributed by atoms with Gasteiger partial charge < -0.3 is 0 Å². The second-order valence-electron chi connectivity index (χ2n) is 6.65. The molecule has 0 radical (unpaired) electrons. The zero-order valence-corrected chi connectivity index (χ0v) is 15.5. The maximum Gasteiger partial charge on any atom is 0.278 e. The Bertz CT molecular complexity index is 1180. The highest BCUT2D eigenvalue weighted by Gasteiger charge is 2.28. The molecule has 0 unspecified atom stereocenters. The Labute approximate surface area is 163 Å². The van der Waals surface area contributed by atoms with Crippen LogP contribution in [0.2, 0.25) is 0 Å². The summed E-state index contributed by atoms with van der Waals surface area (Å²) in [6.45, 7) is 0.179. The van der Waals surface area contributed by atoms with Crippen LogP contribution in [0.4, 0.5) is 9.52 Å². The Balaban J connectivity index is 1.46. The Kier molecular flexibility index (Phi) is 4.09. The van der Waals surface area contributed by atoms with Crippen molar-refractivity contribution in [3.63, 3.8) is 0 Å². The Morgan fingerprint density at radius 1 is 1.21 bits per heavy atom. The van der Waals surface area contributed by atoms with E-state index in [0.717, 1.165) is 17.8 Å². The van der Waals surface area contributed by atoms with Gasteiger partial charge in [-0.05, 0) is 31.0 Å². The lowest BCUT2D eigenvalue weighted by molar-refractivity contribution is 0.102. The van der Waals surface area contributed by atoms with Crippen LogP contribution in [0, 0.1) is 5.82 Å². The quantitative estimate of drug-likeness (QED) is 0.559. The SMILES string of the molecule is O=C(Nc1nnc(C2CC2)s1)c1nn(Cc2ccccc2F)c2ncccc12. The van der Waals surface area contributed by atoms with E-state index in [1.165, 1.54) is 17.4 Å². The number of benzene rings is 1. The van der Waals surface area contributed by atoms with Crippen molar-refractivity contribution in [2.45, 2.75) is 25.3 Å². The van der Waals surface area contributed by atoms with Gasteiger partial charge in [-0.1, -0.05) is 29.5 Å². The molecule has 0 aliphatic heterocycles. The normalized spacial score (nSPS) is 13.8. The summed E-state index contributed by atoms with van der Waals surface area (Å²) in [6, 6.07) is 10.00. The number of amides is 1. The maximum absolute atomic E-state index is 14.0. The van der Waals surface area contributed by atoms with Crippen LogP contribution in [0.1, 0.15) is 39.8 Å². The van der Waals surface area contributed by atoms with Gasteiger partial charge in [0.15, 0.2) is 11.3 Å². The van der Waals surface area contributed by atoms with Gasteiger partial charge in [0.1, 0.15) is 10.8 Å². The highest BCUT2D eigenvalue weighted by Crippen LogP contribution is 2.42. The second kappa shape index (κ2) is 6.75. The molecule has 1 fully saturated rings. The van der Waals surface area contributed by atoms with Crippen LogP contribution in [-0.4, -0.2) is 30.9 Å².